The maximum Gasteiger partial charge on any atom is 0.256 e. The van der Waals surface area contributed by atoms with Crippen LogP contribution in [0, 0.1) is 13.8 Å². The molecule has 0 fully saturated rings. The van der Waals surface area contributed by atoms with Gasteiger partial charge in [-0.05, 0) is 32.0 Å². The molecule has 0 saturated heterocycles. The van der Waals surface area contributed by atoms with E-state index in [1.807, 2.05) is 26.0 Å². The van der Waals surface area contributed by atoms with Crippen molar-refractivity contribution in [3.8, 4) is 11.4 Å². The predicted octanol–water partition coefficient (Wildman–Crippen LogP) is 2.63. The zero-order chi connectivity index (χ0) is 20.4. The fourth-order valence-corrected chi connectivity index (χ4v) is 2.89. The normalized spacial score (nSPS) is 10.6. The number of nitrogens with zero attached hydrogens (tertiary/aromatic N) is 4. The molecule has 28 heavy (non-hydrogen) atoms. The van der Waals surface area contributed by atoms with Gasteiger partial charge in [-0.3, -0.25) is 4.79 Å². The molecule has 0 unspecified atom stereocenters. The number of pyridine rings is 1. The summed E-state index contributed by atoms with van der Waals surface area (Å²) >= 11 is 6.04. The third-order valence-corrected chi connectivity index (χ3v) is 4.36. The van der Waals surface area contributed by atoms with Gasteiger partial charge in [0.25, 0.3) is 5.91 Å². The molecule has 2 aromatic heterocycles. The number of rotatable bonds is 5. The van der Waals surface area contributed by atoms with Gasteiger partial charge in [-0.1, -0.05) is 17.7 Å². The molecule has 10 heteroatoms. The number of nitrogens with one attached hydrogen (secondary N) is 2. The molecule has 0 atom stereocenters. The summed E-state index contributed by atoms with van der Waals surface area (Å²) in [6, 6.07) is 6.97. The molecule has 1 amide bonds. The fourth-order valence-electron chi connectivity index (χ4n) is 2.69. The van der Waals surface area contributed by atoms with E-state index in [1.165, 1.54) is 17.9 Å². The standard InChI is InChI=1S/C18H20ClN7O2/c1-9-10(2)25-26(24-9)13-7-5-6-11(16(13)28-4)22-12-8-14(19)23-17(20)15(12)18(27)21-3/h5-8H,1-4H3,(H,21,27)(H3,20,22,23). The van der Waals surface area contributed by atoms with Crippen molar-refractivity contribution in [1.82, 2.24) is 25.3 Å². The zero-order valence-corrected chi connectivity index (χ0v) is 16.6. The molecule has 0 bridgehead atoms. The van der Waals surface area contributed by atoms with E-state index in [9.17, 15) is 4.79 Å². The molecular weight excluding hydrogens is 382 g/mol. The topological polar surface area (TPSA) is 120 Å². The van der Waals surface area contributed by atoms with Gasteiger partial charge in [0.1, 0.15) is 22.2 Å². The van der Waals surface area contributed by atoms with Crippen molar-refractivity contribution in [2.45, 2.75) is 13.8 Å². The number of carbonyl (C=O) groups is 1. The van der Waals surface area contributed by atoms with Crippen molar-refractivity contribution in [1.29, 1.82) is 0 Å². The van der Waals surface area contributed by atoms with E-state index in [0.717, 1.165) is 11.4 Å². The van der Waals surface area contributed by atoms with Crippen molar-refractivity contribution in [3.05, 3.63) is 46.4 Å². The van der Waals surface area contributed by atoms with Crippen LogP contribution in [0.2, 0.25) is 5.15 Å². The van der Waals surface area contributed by atoms with Crippen molar-refractivity contribution in [3.63, 3.8) is 0 Å². The minimum atomic E-state index is -0.390. The number of hydrogen-bond donors (Lipinski definition) is 3. The van der Waals surface area contributed by atoms with Crippen LogP contribution in [0.15, 0.2) is 24.3 Å². The Morgan fingerprint density at radius 1 is 1.21 bits per heavy atom. The third-order valence-electron chi connectivity index (χ3n) is 4.17. The van der Waals surface area contributed by atoms with Crippen molar-refractivity contribution >= 4 is 34.7 Å². The maximum absolute atomic E-state index is 12.3. The number of benzene rings is 1. The Kier molecular flexibility index (Phi) is 5.36. The van der Waals surface area contributed by atoms with Crippen molar-refractivity contribution < 1.29 is 9.53 Å². The van der Waals surface area contributed by atoms with Gasteiger partial charge in [0.15, 0.2) is 5.75 Å². The Morgan fingerprint density at radius 2 is 1.89 bits per heavy atom. The number of ether oxygens (including phenoxy) is 1. The largest absolute Gasteiger partial charge is 0.492 e. The number of hydrogen-bond acceptors (Lipinski definition) is 7. The monoisotopic (exact) mass is 401 g/mol. The first-order valence-corrected chi connectivity index (χ1v) is 8.76. The molecule has 9 nitrogen and oxygen atoms in total. The van der Waals surface area contributed by atoms with E-state index < -0.39 is 0 Å². The fraction of sp³-hybridized carbons (Fsp3) is 0.222. The summed E-state index contributed by atoms with van der Waals surface area (Å²) in [6.45, 7) is 3.76. The van der Waals surface area contributed by atoms with E-state index >= 15 is 0 Å². The highest BCUT2D eigenvalue weighted by Gasteiger charge is 2.20. The van der Waals surface area contributed by atoms with Crippen LogP contribution in [0.1, 0.15) is 21.7 Å². The lowest BCUT2D eigenvalue weighted by atomic mass is 10.1. The number of carbonyl (C=O) groups excluding carboxylic acids is 1. The van der Waals surface area contributed by atoms with Crippen LogP contribution in [-0.2, 0) is 0 Å². The highest BCUT2D eigenvalue weighted by Crippen LogP contribution is 2.35. The minimum Gasteiger partial charge on any atom is -0.492 e. The smallest absolute Gasteiger partial charge is 0.256 e. The van der Waals surface area contributed by atoms with Crippen LogP contribution in [-0.4, -0.2) is 40.0 Å². The van der Waals surface area contributed by atoms with Crippen molar-refractivity contribution in [2.75, 3.05) is 25.2 Å². The predicted molar refractivity (Wildman–Crippen MR) is 108 cm³/mol. The molecule has 0 aliphatic rings. The van der Waals surface area contributed by atoms with Gasteiger partial charge in [0, 0.05) is 7.05 Å². The Morgan fingerprint density at radius 3 is 2.50 bits per heavy atom. The van der Waals surface area contributed by atoms with Gasteiger partial charge in [-0.15, -0.1) is 4.80 Å². The van der Waals surface area contributed by atoms with E-state index in [4.69, 9.17) is 22.1 Å². The first kappa shape index (κ1) is 19.4. The summed E-state index contributed by atoms with van der Waals surface area (Å²) in [7, 11) is 3.05. The molecule has 0 aliphatic carbocycles. The molecule has 3 rings (SSSR count). The second kappa shape index (κ2) is 7.73. The van der Waals surface area contributed by atoms with Gasteiger partial charge in [-0.2, -0.15) is 10.2 Å². The number of amides is 1. The molecular formula is C18H20ClN7O2. The highest BCUT2D eigenvalue weighted by atomic mass is 35.5. The molecule has 0 aliphatic heterocycles. The summed E-state index contributed by atoms with van der Waals surface area (Å²) in [5.41, 5.74) is 9.34. The molecule has 1 aromatic carbocycles. The van der Waals surface area contributed by atoms with Crippen LogP contribution in [0.5, 0.6) is 5.75 Å². The number of methoxy groups -OCH3 is 1. The summed E-state index contributed by atoms with van der Waals surface area (Å²) < 4.78 is 5.60. The number of halogens is 1. The van der Waals surface area contributed by atoms with Gasteiger partial charge >= 0.3 is 0 Å². The summed E-state index contributed by atoms with van der Waals surface area (Å²) in [5.74, 6) is 0.121. The van der Waals surface area contributed by atoms with Crippen LogP contribution in [0.3, 0.4) is 0 Å². The van der Waals surface area contributed by atoms with Crippen LogP contribution < -0.4 is 21.1 Å². The second-order valence-electron chi connectivity index (χ2n) is 5.98. The van der Waals surface area contributed by atoms with E-state index in [1.54, 1.807) is 13.2 Å². The molecule has 0 spiro atoms. The Bertz CT molecular complexity index is 1030. The average Bonchev–Trinajstić information content (AvgIpc) is 2.99. The number of para-hydroxylation sites is 1. The van der Waals surface area contributed by atoms with Gasteiger partial charge in [0.05, 0.1) is 29.9 Å². The summed E-state index contributed by atoms with van der Waals surface area (Å²) in [5, 5.41) is 14.7. The molecule has 2 heterocycles. The van der Waals surface area contributed by atoms with E-state index in [2.05, 4.69) is 25.8 Å². The number of nitrogens with two attached hydrogens (primary N) is 1. The lowest BCUT2D eigenvalue weighted by molar-refractivity contribution is 0.0964. The summed E-state index contributed by atoms with van der Waals surface area (Å²) in [6.07, 6.45) is 0. The first-order chi connectivity index (χ1) is 13.3. The van der Waals surface area contributed by atoms with Crippen LogP contribution in [0.25, 0.3) is 5.69 Å². The summed E-state index contributed by atoms with van der Waals surface area (Å²) in [4.78, 5) is 17.7. The maximum atomic E-state index is 12.3. The highest BCUT2D eigenvalue weighted by molar-refractivity contribution is 6.30. The number of anilines is 3. The lowest BCUT2D eigenvalue weighted by Crippen LogP contribution is -2.21. The average molecular weight is 402 g/mol. The van der Waals surface area contributed by atoms with Gasteiger partial charge < -0.3 is 21.1 Å². The number of aryl methyl sites for hydroxylation is 2. The molecule has 4 N–H and O–H groups in total. The third kappa shape index (κ3) is 3.56. The Hall–Kier alpha value is -3.33. The molecule has 3 aromatic rings. The van der Waals surface area contributed by atoms with Gasteiger partial charge in [-0.25, -0.2) is 4.98 Å². The van der Waals surface area contributed by atoms with Crippen molar-refractivity contribution in [2.24, 2.45) is 0 Å². The van der Waals surface area contributed by atoms with Crippen LogP contribution in [0.4, 0.5) is 17.2 Å². The minimum absolute atomic E-state index is 0.0180. The SMILES string of the molecule is CNC(=O)c1c(Nc2cccc(-n3nc(C)c(C)n3)c2OC)cc(Cl)nc1N. The Labute approximate surface area is 166 Å². The second-order valence-corrected chi connectivity index (χ2v) is 6.36. The number of aromatic nitrogens is 4. The molecule has 0 radical (unpaired) electrons. The lowest BCUT2D eigenvalue weighted by Gasteiger charge is -2.17. The quantitative estimate of drug-likeness (QED) is 0.562. The zero-order valence-electron chi connectivity index (χ0n) is 15.9. The van der Waals surface area contributed by atoms with E-state index in [0.29, 0.717) is 22.8 Å². The van der Waals surface area contributed by atoms with E-state index in [-0.39, 0.29) is 22.4 Å². The first-order valence-electron chi connectivity index (χ1n) is 8.38. The van der Waals surface area contributed by atoms with Gasteiger partial charge in [0.2, 0.25) is 0 Å². The molecule has 0 saturated carbocycles. The van der Waals surface area contributed by atoms with Crippen LogP contribution >= 0.6 is 11.6 Å². The molecule has 146 valence electrons. The number of nitrogen functional groups attached to an aromatic ring is 1. The Balaban J connectivity index is 2.11.